The van der Waals surface area contributed by atoms with Gasteiger partial charge < -0.3 is 14.3 Å². The van der Waals surface area contributed by atoms with Gasteiger partial charge in [-0.2, -0.15) is 0 Å². The van der Waals surface area contributed by atoms with Crippen LogP contribution in [0.5, 0.6) is 0 Å². The summed E-state index contributed by atoms with van der Waals surface area (Å²) < 4.78 is 11.1. The van der Waals surface area contributed by atoms with E-state index < -0.39 is 0 Å². The second-order valence-corrected chi connectivity index (χ2v) is 10.1. The zero-order valence-electron chi connectivity index (χ0n) is 21.6. The number of rotatable bonds is 6. The second kappa shape index (κ2) is 13.4. The van der Waals surface area contributed by atoms with E-state index in [1.165, 1.54) is 0 Å². The van der Waals surface area contributed by atoms with Crippen LogP contribution in [0.3, 0.4) is 0 Å². The van der Waals surface area contributed by atoms with Gasteiger partial charge in [-0.05, 0) is 23.7 Å². The summed E-state index contributed by atoms with van der Waals surface area (Å²) in [7, 11) is 0. The van der Waals surface area contributed by atoms with Gasteiger partial charge in [-0.15, -0.1) is 10.2 Å². The fraction of sp³-hybridized carbons (Fsp3) is 0.917. The molecule has 0 radical (unpaired) electrons. The van der Waals surface area contributed by atoms with Crippen LogP contribution in [0.1, 0.15) is 107 Å². The first-order valence-electron chi connectivity index (χ1n) is 11.7. The van der Waals surface area contributed by atoms with Crippen molar-refractivity contribution < 1.29 is 14.3 Å². The number of ether oxygens (including phenoxy) is 1. The van der Waals surface area contributed by atoms with Gasteiger partial charge in [-0.1, -0.05) is 83.1 Å². The van der Waals surface area contributed by atoms with E-state index in [4.69, 9.17) is 9.15 Å². The number of aromatic nitrogens is 2. The summed E-state index contributed by atoms with van der Waals surface area (Å²) in [5, 5.41) is 20.5. The largest absolute Gasteiger partial charge is 0.425 e. The second-order valence-electron chi connectivity index (χ2n) is 10.1. The van der Waals surface area contributed by atoms with E-state index in [2.05, 4.69) is 43.2 Å². The Kier molecular flexibility index (Phi) is 13.0. The summed E-state index contributed by atoms with van der Waals surface area (Å²) in [6.07, 6.45) is -0.130. The summed E-state index contributed by atoms with van der Waals surface area (Å²) in [5.74, 6) is 4.01. The Bertz CT molecular complexity index is 519. The average Bonchev–Trinajstić information content (AvgIpc) is 3.32. The molecule has 1 aromatic heterocycles. The van der Waals surface area contributed by atoms with Crippen LogP contribution in [-0.4, -0.2) is 40.3 Å². The van der Waals surface area contributed by atoms with Crippen LogP contribution in [0, 0.1) is 23.7 Å². The number of aliphatic hydroxyl groups is 1. The molecule has 0 bridgehead atoms. The Hall–Kier alpha value is -0.980. The fourth-order valence-electron chi connectivity index (χ4n) is 3.41. The third kappa shape index (κ3) is 9.03. The lowest BCUT2D eigenvalue weighted by molar-refractivity contribution is -0.0828. The minimum absolute atomic E-state index is 0.0556. The Morgan fingerprint density at radius 1 is 0.767 bits per heavy atom. The Morgan fingerprint density at radius 2 is 1.17 bits per heavy atom. The molecule has 1 aromatic rings. The Morgan fingerprint density at radius 3 is 1.30 bits per heavy atom. The van der Waals surface area contributed by atoms with E-state index in [1.54, 1.807) is 0 Å². The van der Waals surface area contributed by atoms with Crippen LogP contribution in [0.15, 0.2) is 4.42 Å². The number of nitrogens with zero attached hydrogens (tertiary/aromatic N) is 2. The molecule has 6 heteroatoms. The highest BCUT2D eigenvalue weighted by Crippen LogP contribution is 2.30. The van der Waals surface area contributed by atoms with Crippen molar-refractivity contribution in [3.8, 4) is 0 Å². The summed E-state index contributed by atoms with van der Waals surface area (Å²) >= 11 is 0. The van der Waals surface area contributed by atoms with Crippen molar-refractivity contribution in [2.75, 3.05) is 13.2 Å². The number of aliphatic hydroxyl groups excluding tert-OH is 1. The van der Waals surface area contributed by atoms with E-state index in [0.29, 0.717) is 35.5 Å². The highest BCUT2D eigenvalue weighted by atomic mass is 16.5. The molecule has 1 aliphatic heterocycles. The zero-order chi connectivity index (χ0) is 23.6. The molecule has 30 heavy (non-hydrogen) atoms. The van der Waals surface area contributed by atoms with E-state index >= 15 is 0 Å². The number of hydrogen-bond donors (Lipinski definition) is 2. The van der Waals surface area contributed by atoms with Crippen LogP contribution >= 0.6 is 0 Å². The molecule has 0 spiro atoms. The smallest absolute Gasteiger partial charge is 0.219 e. The molecule has 0 atom stereocenters. The van der Waals surface area contributed by atoms with Crippen LogP contribution in [0.4, 0.5) is 0 Å². The van der Waals surface area contributed by atoms with Gasteiger partial charge in [0.15, 0.2) is 0 Å². The summed E-state index contributed by atoms with van der Waals surface area (Å²) in [6.45, 7) is 27.0. The van der Waals surface area contributed by atoms with Gasteiger partial charge in [0.2, 0.25) is 11.8 Å². The van der Waals surface area contributed by atoms with Crippen molar-refractivity contribution in [2.45, 2.75) is 107 Å². The molecule has 1 aliphatic rings. The third-order valence-corrected chi connectivity index (χ3v) is 5.37. The highest BCUT2D eigenvalue weighted by Gasteiger charge is 2.40. The lowest BCUT2D eigenvalue weighted by Crippen LogP contribution is -2.50. The third-order valence-electron chi connectivity index (χ3n) is 5.37. The number of hydrogen-bond acceptors (Lipinski definition) is 6. The average molecular weight is 428 g/mol. The first-order valence-corrected chi connectivity index (χ1v) is 11.7. The van der Waals surface area contributed by atoms with Crippen molar-refractivity contribution in [3.63, 3.8) is 0 Å². The van der Waals surface area contributed by atoms with Gasteiger partial charge in [-0.25, -0.2) is 0 Å². The summed E-state index contributed by atoms with van der Waals surface area (Å²) in [6, 6.07) is 0. The van der Waals surface area contributed by atoms with Gasteiger partial charge in [0.1, 0.15) is 5.72 Å². The van der Waals surface area contributed by atoms with Gasteiger partial charge in [-0.3, -0.25) is 5.32 Å². The minimum atomic E-state index is -0.130. The Balaban J connectivity index is 0.000000428. The lowest BCUT2D eigenvalue weighted by atomic mass is 9.89. The van der Waals surface area contributed by atoms with Crippen molar-refractivity contribution in [3.05, 3.63) is 11.8 Å². The van der Waals surface area contributed by atoms with Crippen molar-refractivity contribution >= 4 is 0 Å². The zero-order valence-corrected chi connectivity index (χ0v) is 21.6. The molecule has 0 saturated carbocycles. The fourth-order valence-corrected chi connectivity index (χ4v) is 3.41. The lowest BCUT2D eigenvalue weighted by Gasteiger charge is -2.36. The molecule has 2 rings (SSSR count). The van der Waals surface area contributed by atoms with Gasteiger partial charge in [0.25, 0.3) is 0 Å². The maximum Gasteiger partial charge on any atom is 0.219 e. The molecule has 178 valence electrons. The quantitative estimate of drug-likeness (QED) is 0.616. The monoisotopic (exact) mass is 427 g/mol. The molecule has 2 N–H and O–H groups in total. The van der Waals surface area contributed by atoms with E-state index in [0.717, 1.165) is 24.9 Å². The first kappa shape index (κ1) is 29.0. The minimum Gasteiger partial charge on any atom is -0.425 e. The molecule has 2 heterocycles. The standard InChI is InChI=1S/C9H19NO.C8H14N2O.C7H16O/c1-7(2)9(8(3)4)10-5-6-11-9;1-5(2)7-9-10-8(11-7)6(3)4;1-5(2)7(8)6(3)4/h7-8,10H,5-6H2,1-4H3;5-6H,1-4H3;5-8H,1-4H3. The van der Waals surface area contributed by atoms with Crippen LogP contribution in [0.2, 0.25) is 0 Å². The number of nitrogens with one attached hydrogen (secondary N) is 1. The van der Waals surface area contributed by atoms with Crippen molar-refractivity contribution in [1.82, 2.24) is 15.5 Å². The summed E-state index contributed by atoms with van der Waals surface area (Å²) in [5.41, 5.74) is -0.0556. The normalized spacial score (nSPS) is 16.0. The molecule has 1 saturated heterocycles. The topological polar surface area (TPSA) is 80.4 Å². The van der Waals surface area contributed by atoms with Crippen molar-refractivity contribution in [1.29, 1.82) is 0 Å². The maximum absolute atomic E-state index is 9.20. The van der Waals surface area contributed by atoms with Crippen molar-refractivity contribution in [2.24, 2.45) is 23.7 Å². The highest BCUT2D eigenvalue weighted by molar-refractivity contribution is 4.90. The molecular formula is C24H49N3O3. The molecule has 1 fully saturated rings. The Labute approximate surface area is 185 Å². The van der Waals surface area contributed by atoms with Gasteiger partial charge in [0.05, 0.1) is 12.7 Å². The predicted octanol–water partition coefficient (Wildman–Crippen LogP) is 5.59. The first-order chi connectivity index (χ1) is 13.8. The van der Waals surface area contributed by atoms with Gasteiger partial charge >= 0.3 is 0 Å². The maximum atomic E-state index is 9.20. The molecular weight excluding hydrogens is 378 g/mol. The van der Waals surface area contributed by atoms with Crippen LogP contribution in [-0.2, 0) is 4.74 Å². The molecule has 0 aromatic carbocycles. The van der Waals surface area contributed by atoms with Gasteiger partial charge in [0, 0.05) is 18.4 Å². The molecule has 0 amide bonds. The summed E-state index contributed by atoms with van der Waals surface area (Å²) in [4.78, 5) is 0. The predicted molar refractivity (Wildman–Crippen MR) is 125 cm³/mol. The van der Waals surface area contributed by atoms with E-state index in [-0.39, 0.29) is 11.8 Å². The van der Waals surface area contributed by atoms with Crippen LogP contribution < -0.4 is 5.32 Å². The molecule has 0 aliphatic carbocycles. The molecule has 0 unspecified atom stereocenters. The van der Waals surface area contributed by atoms with Crippen LogP contribution in [0.25, 0.3) is 0 Å². The SMILES string of the molecule is CC(C)C(O)C(C)C.CC(C)C1(C(C)C)NCCO1.CC(C)c1nnc(C(C)C)o1. The van der Waals surface area contributed by atoms with E-state index in [1.807, 2.05) is 55.4 Å². The van der Waals surface area contributed by atoms with E-state index in [9.17, 15) is 5.11 Å². The molecule has 6 nitrogen and oxygen atoms in total.